The zero-order chi connectivity index (χ0) is 24.9. The molecule has 2 aliphatic rings. The lowest BCUT2D eigenvalue weighted by Crippen LogP contribution is -2.61. The quantitative estimate of drug-likeness (QED) is 0.599. The largest absolute Gasteiger partial charge is 0.461 e. The highest BCUT2D eigenvalue weighted by Crippen LogP contribution is 2.57. The third-order valence-corrected chi connectivity index (χ3v) is 9.04. The molecule has 178 valence electrons. The van der Waals surface area contributed by atoms with E-state index in [1.54, 1.807) is 49.5 Å². The summed E-state index contributed by atoms with van der Waals surface area (Å²) in [6, 6.07) is 12.7. The molecule has 1 aliphatic carbocycles. The molecule has 0 spiro atoms. The minimum Gasteiger partial charge on any atom is -0.461 e. The zero-order valence-electron chi connectivity index (χ0n) is 18.9. The van der Waals surface area contributed by atoms with Crippen LogP contribution in [0.4, 0.5) is 8.78 Å². The van der Waals surface area contributed by atoms with E-state index >= 15 is 8.78 Å². The second kappa shape index (κ2) is 8.27. The van der Waals surface area contributed by atoms with Crippen LogP contribution in [-0.4, -0.2) is 42.4 Å². The standard InChI is InChI=1S/C25H24F2N2O4S/c1-15-20(22-16(2)33-23(30)24(22,34(3,31)32)14-25(15,26)27)11-10-19-9-8-18(13-29-19)21-7-5-4-6-17(21)12-28/h4-11,13,15-16,20,22H,14H2,1-3H3/b11-10+/t15-,16+,20-,22?,24-/m0/s1. The molecule has 34 heavy (non-hydrogen) atoms. The van der Waals surface area contributed by atoms with Crippen molar-refractivity contribution in [3.05, 3.63) is 59.9 Å². The molecule has 6 nitrogen and oxygen atoms in total. The van der Waals surface area contributed by atoms with E-state index in [4.69, 9.17) is 4.74 Å². The lowest BCUT2D eigenvalue weighted by Gasteiger charge is -2.46. The van der Waals surface area contributed by atoms with E-state index in [1.807, 2.05) is 6.07 Å². The SMILES string of the molecule is C[C@H]1OC(=O)[C@]2(S(C)(=O)=O)CC(F)(F)[C@@H](C)[C@H](/C=C/c3ccc(-c4ccccc4C#N)cn3)C12. The number of benzene rings is 1. The molecule has 4 rings (SSSR count). The Morgan fingerprint density at radius 2 is 1.91 bits per heavy atom. The number of fused-ring (bicyclic) bond motifs is 1. The number of alkyl halides is 2. The molecule has 2 heterocycles. The van der Waals surface area contributed by atoms with Gasteiger partial charge >= 0.3 is 5.97 Å². The number of cyclic esters (lactones) is 1. The Balaban J connectivity index is 1.70. The third kappa shape index (κ3) is 3.70. The molecule has 1 aromatic carbocycles. The molecule has 1 aliphatic heterocycles. The Morgan fingerprint density at radius 3 is 2.53 bits per heavy atom. The van der Waals surface area contributed by atoms with E-state index in [0.29, 0.717) is 11.3 Å². The number of pyridine rings is 1. The number of allylic oxidation sites excluding steroid dienone is 1. The van der Waals surface area contributed by atoms with E-state index in [9.17, 15) is 18.5 Å². The van der Waals surface area contributed by atoms with Gasteiger partial charge in [0.15, 0.2) is 14.6 Å². The predicted octanol–water partition coefficient (Wildman–Crippen LogP) is 4.27. The average molecular weight is 487 g/mol. The Hall–Kier alpha value is -3.12. The van der Waals surface area contributed by atoms with Crippen molar-refractivity contribution >= 4 is 21.9 Å². The van der Waals surface area contributed by atoms with E-state index in [2.05, 4.69) is 11.1 Å². The lowest BCUT2D eigenvalue weighted by molar-refractivity contribution is -0.148. The van der Waals surface area contributed by atoms with Crippen LogP contribution in [0.1, 0.15) is 31.5 Å². The van der Waals surface area contributed by atoms with Crippen LogP contribution in [0.25, 0.3) is 17.2 Å². The van der Waals surface area contributed by atoms with Crippen LogP contribution in [0.2, 0.25) is 0 Å². The molecule has 1 aromatic heterocycles. The summed E-state index contributed by atoms with van der Waals surface area (Å²) in [4.78, 5) is 17.0. The van der Waals surface area contributed by atoms with Crippen LogP contribution in [-0.2, 0) is 19.4 Å². The van der Waals surface area contributed by atoms with Crippen LogP contribution in [0.15, 0.2) is 48.7 Å². The van der Waals surface area contributed by atoms with Gasteiger partial charge in [-0.05, 0) is 31.1 Å². The number of ether oxygens (including phenoxy) is 1. The van der Waals surface area contributed by atoms with Crippen LogP contribution in [0.3, 0.4) is 0 Å². The second-order valence-electron chi connectivity index (χ2n) is 9.09. The highest BCUT2D eigenvalue weighted by atomic mass is 32.2. The number of aromatic nitrogens is 1. The molecule has 9 heteroatoms. The predicted molar refractivity (Wildman–Crippen MR) is 122 cm³/mol. The average Bonchev–Trinajstić information content (AvgIpc) is 3.04. The van der Waals surface area contributed by atoms with Crippen molar-refractivity contribution in [1.29, 1.82) is 5.26 Å². The van der Waals surface area contributed by atoms with E-state index in [-0.39, 0.29) is 0 Å². The number of sulfone groups is 1. The topological polar surface area (TPSA) is 97.1 Å². The van der Waals surface area contributed by atoms with Crippen LogP contribution < -0.4 is 0 Å². The summed E-state index contributed by atoms with van der Waals surface area (Å²) in [7, 11) is -4.19. The number of halogens is 2. The molecule has 0 radical (unpaired) electrons. The minimum atomic E-state index is -4.19. The van der Waals surface area contributed by atoms with Crippen molar-refractivity contribution in [3.63, 3.8) is 0 Å². The number of esters is 1. The molecule has 0 bridgehead atoms. The van der Waals surface area contributed by atoms with E-state index in [1.165, 1.54) is 13.0 Å². The van der Waals surface area contributed by atoms with E-state index < -0.39 is 56.8 Å². The number of nitriles is 1. The fraction of sp³-hybridized carbons (Fsp3) is 0.400. The Morgan fingerprint density at radius 1 is 1.21 bits per heavy atom. The number of hydrogen-bond donors (Lipinski definition) is 0. The van der Waals surface area contributed by atoms with Gasteiger partial charge in [0.05, 0.1) is 17.3 Å². The van der Waals surface area contributed by atoms with Gasteiger partial charge in [0.2, 0.25) is 0 Å². The molecule has 0 amide bonds. The maximum Gasteiger partial charge on any atom is 0.328 e. The minimum absolute atomic E-state index is 0.474. The summed E-state index contributed by atoms with van der Waals surface area (Å²) in [6.07, 6.45) is 3.58. The van der Waals surface area contributed by atoms with E-state index in [0.717, 1.165) is 17.4 Å². The first-order chi connectivity index (χ1) is 15.9. The van der Waals surface area contributed by atoms with Crippen molar-refractivity contribution in [3.8, 4) is 17.2 Å². The van der Waals surface area contributed by atoms with Gasteiger partial charge in [0, 0.05) is 41.8 Å². The Bertz CT molecular complexity index is 1300. The molecule has 1 saturated carbocycles. The number of hydrogen-bond acceptors (Lipinski definition) is 6. The smallest absolute Gasteiger partial charge is 0.328 e. The summed E-state index contributed by atoms with van der Waals surface area (Å²) in [6.45, 7) is 2.91. The molecular formula is C25H24F2N2O4S. The van der Waals surface area contributed by atoms with Crippen molar-refractivity contribution in [1.82, 2.24) is 4.98 Å². The van der Waals surface area contributed by atoms with Gasteiger partial charge < -0.3 is 4.74 Å². The van der Waals surface area contributed by atoms with Gasteiger partial charge in [-0.15, -0.1) is 0 Å². The molecule has 0 N–H and O–H groups in total. The highest BCUT2D eigenvalue weighted by Gasteiger charge is 2.72. The lowest BCUT2D eigenvalue weighted by atomic mass is 9.64. The van der Waals surface area contributed by atoms with Gasteiger partial charge in [0.25, 0.3) is 5.92 Å². The van der Waals surface area contributed by atoms with Crippen molar-refractivity contribution in [2.24, 2.45) is 17.8 Å². The maximum absolute atomic E-state index is 15.1. The van der Waals surface area contributed by atoms with Crippen LogP contribution >= 0.6 is 0 Å². The fourth-order valence-corrected chi connectivity index (χ4v) is 6.94. The molecule has 5 atom stereocenters. The highest BCUT2D eigenvalue weighted by molar-refractivity contribution is 7.92. The molecule has 1 saturated heterocycles. The molecule has 1 unspecified atom stereocenters. The Kier molecular flexibility index (Phi) is 5.85. The Labute approximate surface area is 197 Å². The van der Waals surface area contributed by atoms with Gasteiger partial charge in [-0.25, -0.2) is 17.2 Å². The first-order valence-electron chi connectivity index (χ1n) is 10.8. The summed E-state index contributed by atoms with van der Waals surface area (Å²) in [5.41, 5.74) is 2.43. The summed E-state index contributed by atoms with van der Waals surface area (Å²) in [5.74, 6) is -7.56. The van der Waals surface area contributed by atoms with Crippen molar-refractivity contribution in [2.75, 3.05) is 6.26 Å². The van der Waals surface area contributed by atoms with Crippen LogP contribution in [0, 0.1) is 29.1 Å². The first-order valence-corrected chi connectivity index (χ1v) is 12.7. The number of rotatable bonds is 4. The third-order valence-electron chi connectivity index (χ3n) is 7.13. The van der Waals surface area contributed by atoms with Gasteiger partial charge in [-0.3, -0.25) is 9.78 Å². The normalized spacial score (nSPS) is 30.5. The van der Waals surface area contributed by atoms with Crippen molar-refractivity contribution in [2.45, 2.75) is 37.0 Å². The number of carbonyl (C=O) groups excluding carboxylic acids is 1. The first kappa shape index (κ1) is 24.0. The summed E-state index contributed by atoms with van der Waals surface area (Å²) in [5, 5.41) is 9.30. The number of carbonyl (C=O) groups is 1. The fourth-order valence-electron chi connectivity index (χ4n) is 5.30. The van der Waals surface area contributed by atoms with Gasteiger partial charge in [-0.2, -0.15) is 5.26 Å². The number of nitrogens with zero attached hydrogens (tertiary/aromatic N) is 2. The van der Waals surface area contributed by atoms with Gasteiger partial charge in [-0.1, -0.05) is 37.3 Å². The maximum atomic E-state index is 15.1. The van der Waals surface area contributed by atoms with Crippen molar-refractivity contribution < 1.29 is 26.7 Å². The molecule has 2 aromatic rings. The second-order valence-corrected chi connectivity index (χ2v) is 11.4. The summed E-state index contributed by atoms with van der Waals surface area (Å²) < 4.78 is 58.4. The van der Waals surface area contributed by atoms with Crippen LogP contribution in [0.5, 0.6) is 0 Å². The zero-order valence-corrected chi connectivity index (χ0v) is 19.7. The monoisotopic (exact) mass is 486 g/mol. The molecular weight excluding hydrogens is 462 g/mol. The summed E-state index contributed by atoms with van der Waals surface area (Å²) >= 11 is 0. The molecule has 2 fully saturated rings. The van der Waals surface area contributed by atoms with Gasteiger partial charge in [0.1, 0.15) is 6.10 Å².